The second-order valence-electron chi connectivity index (χ2n) is 6.03. The molecule has 0 radical (unpaired) electrons. The molecule has 2 heterocycles. The van der Waals surface area contributed by atoms with Crippen LogP contribution in [0.25, 0.3) is 0 Å². The fourth-order valence-corrected chi connectivity index (χ4v) is 3.19. The minimum Gasteiger partial charge on any atom is -0.488 e. The fourth-order valence-electron chi connectivity index (χ4n) is 3.19. The molecule has 5 nitrogen and oxygen atoms in total. The number of anilines is 1. The van der Waals surface area contributed by atoms with Crippen LogP contribution in [0.4, 0.5) is 5.69 Å². The van der Waals surface area contributed by atoms with Gasteiger partial charge in [-0.15, -0.1) is 0 Å². The highest BCUT2D eigenvalue weighted by Crippen LogP contribution is 2.30. The number of hydrogen-bond donors (Lipinski definition) is 1. The molecule has 1 amide bonds. The number of piperidine rings is 1. The van der Waals surface area contributed by atoms with Gasteiger partial charge in [0.25, 0.3) is 0 Å². The quantitative estimate of drug-likeness (QED) is 0.919. The van der Waals surface area contributed by atoms with Crippen LogP contribution in [0.1, 0.15) is 19.8 Å². The highest BCUT2D eigenvalue weighted by molar-refractivity contribution is 5.73. The topological polar surface area (TPSA) is 44.8 Å². The Hall–Kier alpha value is -1.75. The van der Waals surface area contributed by atoms with Crippen molar-refractivity contribution in [3.63, 3.8) is 0 Å². The number of carbonyl (C=O) groups is 1. The number of benzene rings is 1. The van der Waals surface area contributed by atoms with Crippen LogP contribution in [0, 0.1) is 0 Å². The standard InChI is InChI=1S/C17H25N3O2/c1-14(21)19-10-6-15(7-11-19)22-17-5-3-2-4-16(17)20-12-8-18-9-13-20/h2-5,15,18H,6-13H2,1H3. The third-order valence-electron chi connectivity index (χ3n) is 4.50. The lowest BCUT2D eigenvalue weighted by molar-refractivity contribution is -0.130. The van der Waals surface area contributed by atoms with E-state index in [1.54, 1.807) is 6.92 Å². The van der Waals surface area contributed by atoms with E-state index < -0.39 is 0 Å². The van der Waals surface area contributed by atoms with E-state index in [2.05, 4.69) is 28.4 Å². The largest absolute Gasteiger partial charge is 0.488 e. The van der Waals surface area contributed by atoms with Gasteiger partial charge in [-0.3, -0.25) is 4.79 Å². The van der Waals surface area contributed by atoms with E-state index >= 15 is 0 Å². The van der Waals surface area contributed by atoms with Crippen LogP contribution < -0.4 is 15.0 Å². The summed E-state index contributed by atoms with van der Waals surface area (Å²) in [5.41, 5.74) is 1.19. The third-order valence-corrected chi connectivity index (χ3v) is 4.50. The number of nitrogens with one attached hydrogen (secondary N) is 1. The van der Waals surface area contributed by atoms with Crippen LogP contribution >= 0.6 is 0 Å². The van der Waals surface area contributed by atoms with Crippen molar-refractivity contribution < 1.29 is 9.53 Å². The van der Waals surface area contributed by atoms with Crippen LogP contribution in [0.5, 0.6) is 5.75 Å². The van der Waals surface area contributed by atoms with Gasteiger partial charge in [-0.25, -0.2) is 0 Å². The first-order valence-corrected chi connectivity index (χ1v) is 8.21. The molecule has 2 aliphatic rings. The molecule has 0 aliphatic carbocycles. The zero-order valence-electron chi connectivity index (χ0n) is 13.3. The van der Waals surface area contributed by atoms with E-state index in [0.29, 0.717) is 0 Å². The normalized spacial score (nSPS) is 20.0. The van der Waals surface area contributed by atoms with Crippen LogP contribution in [-0.4, -0.2) is 56.2 Å². The first-order chi connectivity index (χ1) is 10.7. The number of hydrogen-bond acceptors (Lipinski definition) is 4. The Kier molecular flexibility index (Phi) is 4.83. The maximum atomic E-state index is 11.4. The molecule has 1 aromatic carbocycles. The van der Waals surface area contributed by atoms with Gasteiger partial charge in [-0.2, -0.15) is 0 Å². The van der Waals surface area contributed by atoms with E-state index in [-0.39, 0.29) is 12.0 Å². The van der Waals surface area contributed by atoms with Gasteiger partial charge >= 0.3 is 0 Å². The molecule has 120 valence electrons. The lowest BCUT2D eigenvalue weighted by atomic mass is 10.1. The highest BCUT2D eigenvalue weighted by atomic mass is 16.5. The minimum absolute atomic E-state index is 0.166. The average molecular weight is 303 g/mol. The molecule has 0 spiro atoms. The van der Waals surface area contributed by atoms with Crippen molar-refractivity contribution in [2.75, 3.05) is 44.2 Å². The number of piperazine rings is 1. The molecule has 0 saturated carbocycles. The van der Waals surface area contributed by atoms with Gasteiger partial charge in [-0.1, -0.05) is 12.1 Å². The molecule has 0 unspecified atom stereocenters. The summed E-state index contributed by atoms with van der Waals surface area (Å²) in [6.45, 7) is 7.31. The number of nitrogens with zero attached hydrogens (tertiary/aromatic N) is 2. The Morgan fingerprint density at radius 1 is 1.14 bits per heavy atom. The summed E-state index contributed by atoms with van der Waals surface area (Å²) in [4.78, 5) is 15.7. The lowest BCUT2D eigenvalue weighted by Crippen LogP contribution is -2.44. The van der Waals surface area contributed by atoms with Gasteiger partial charge in [0, 0.05) is 59.0 Å². The molecule has 1 N–H and O–H groups in total. The van der Waals surface area contributed by atoms with E-state index in [0.717, 1.165) is 57.9 Å². The molecular weight excluding hydrogens is 278 g/mol. The molecule has 2 aliphatic heterocycles. The van der Waals surface area contributed by atoms with Gasteiger partial charge in [0.05, 0.1) is 5.69 Å². The van der Waals surface area contributed by atoms with Crippen molar-refractivity contribution >= 4 is 11.6 Å². The summed E-state index contributed by atoms with van der Waals surface area (Å²) in [5, 5.41) is 3.38. The first kappa shape index (κ1) is 15.2. The molecule has 0 bridgehead atoms. The van der Waals surface area contributed by atoms with Gasteiger partial charge < -0.3 is 19.9 Å². The Morgan fingerprint density at radius 2 is 1.82 bits per heavy atom. The van der Waals surface area contributed by atoms with E-state index in [9.17, 15) is 4.79 Å². The maximum Gasteiger partial charge on any atom is 0.219 e. The molecule has 1 aromatic rings. The molecule has 3 rings (SSSR count). The van der Waals surface area contributed by atoms with Gasteiger partial charge in [0.1, 0.15) is 11.9 Å². The number of carbonyl (C=O) groups excluding carboxylic acids is 1. The van der Waals surface area contributed by atoms with Gasteiger partial charge in [0.2, 0.25) is 5.91 Å². The lowest BCUT2D eigenvalue weighted by Gasteiger charge is -2.34. The maximum absolute atomic E-state index is 11.4. The molecule has 0 aromatic heterocycles. The molecule has 5 heteroatoms. The minimum atomic E-state index is 0.166. The van der Waals surface area contributed by atoms with Crippen molar-refractivity contribution in [1.82, 2.24) is 10.2 Å². The molecule has 2 fully saturated rings. The van der Waals surface area contributed by atoms with Crippen LogP contribution in [-0.2, 0) is 4.79 Å². The Morgan fingerprint density at radius 3 is 2.50 bits per heavy atom. The van der Waals surface area contributed by atoms with Crippen LogP contribution in [0.15, 0.2) is 24.3 Å². The first-order valence-electron chi connectivity index (χ1n) is 8.21. The molecule has 2 saturated heterocycles. The third kappa shape index (κ3) is 3.53. The monoisotopic (exact) mass is 303 g/mol. The number of ether oxygens (including phenoxy) is 1. The van der Waals surface area contributed by atoms with Crippen molar-refractivity contribution in [2.45, 2.75) is 25.9 Å². The Balaban J connectivity index is 1.64. The van der Waals surface area contributed by atoms with E-state index in [1.807, 2.05) is 11.0 Å². The van der Waals surface area contributed by atoms with E-state index in [4.69, 9.17) is 4.74 Å². The number of rotatable bonds is 3. The van der Waals surface area contributed by atoms with Gasteiger partial charge in [0.15, 0.2) is 0 Å². The molecule has 0 atom stereocenters. The summed E-state index contributed by atoms with van der Waals surface area (Å²) in [6, 6.07) is 8.31. The second-order valence-corrected chi connectivity index (χ2v) is 6.03. The van der Waals surface area contributed by atoms with Gasteiger partial charge in [-0.05, 0) is 12.1 Å². The van der Waals surface area contributed by atoms with Crippen LogP contribution in [0.3, 0.4) is 0 Å². The summed E-state index contributed by atoms with van der Waals surface area (Å²) < 4.78 is 6.27. The second kappa shape index (κ2) is 7.01. The Labute approximate surface area is 132 Å². The Bertz CT molecular complexity index is 506. The number of likely N-dealkylation sites (tertiary alicyclic amines) is 1. The van der Waals surface area contributed by atoms with Crippen molar-refractivity contribution in [2.24, 2.45) is 0 Å². The molecular formula is C17H25N3O2. The van der Waals surface area contributed by atoms with Crippen LogP contribution in [0.2, 0.25) is 0 Å². The highest BCUT2D eigenvalue weighted by Gasteiger charge is 2.23. The van der Waals surface area contributed by atoms with E-state index in [1.165, 1.54) is 5.69 Å². The number of amides is 1. The zero-order valence-corrected chi connectivity index (χ0v) is 13.3. The van der Waals surface area contributed by atoms with Crippen molar-refractivity contribution in [3.8, 4) is 5.75 Å². The number of para-hydroxylation sites is 2. The summed E-state index contributed by atoms with van der Waals surface area (Å²) in [7, 11) is 0. The zero-order chi connectivity index (χ0) is 15.4. The average Bonchev–Trinajstić information content (AvgIpc) is 2.57. The predicted octanol–water partition coefficient (Wildman–Crippen LogP) is 1.49. The predicted molar refractivity (Wildman–Crippen MR) is 87.4 cm³/mol. The fraction of sp³-hybridized carbons (Fsp3) is 0.588. The summed E-state index contributed by atoms with van der Waals surface area (Å²) in [5.74, 6) is 1.14. The molecule has 22 heavy (non-hydrogen) atoms. The van der Waals surface area contributed by atoms with Crippen molar-refractivity contribution in [1.29, 1.82) is 0 Å². The summed E-state index contributed by atoms with van der Waals surface area (Å²) >= 11 is 0. The summed E-state index contributed by atoms with van der Waals surface area (Å²) in [6.07, 6.45) is 2.03. The smallest absolute Gasteiger partial charge is 0.219 e. The van der Waals surface area contributed by atoms with Crippen molar-refractivity contribution in [3.05, 3.63) is 24.3 Å². The SMILES string of the molecule is CC(=O)N1CCC(Oc2ccccc2N2CCNCC2)CC1.